The fraction of sp³-hybridized carbons (Fsp3) is 0.476. The third kappa shape index (κ3) is 5.71. The van der Waals surface area contributed by atoms with Crippen molar-refractivity contribution in [2.45, 2.75) is 43.5 Å². The Kier molecular flexibility index (Phi) is 7.11. The average Bonchev–Trinajstić information content (AvgIpc) is 2.72. The molecule has 1 aromatic carbocycles. The summed E-state index contributed by atoms with van der Waals surface area (Å²) in [5.74, 6) is 0.0747. The summed E-state index contributed by atoms with van der Waals surface area (Å²) in [6.07, 6.45) is 5.25. The molecule has 168 valence electrons. The quantitative estimate of drug-likeness (QED) is 0.562. The van der Waals surface area contributed by atoms with Crippen molar-refractivity contribution in [3.63, 3.8) is 0 Å². The van der Waals surface area contributed by atoms with Gasteiger partial charge in [0.05, 0.1) is 10.6 Å². The lowest BCUT2D eigenvalue weighted by Gasteiger charge is -2.32. The maximum Gasteiger partial charge on any atom is 0.271 e. The fourth-order valence-corrected chi connectivity index (χ4v) is 4.34. The molecule has 0 radical (unpaired) electrons. The van der Waals surface area contributed by atoms with Crippen LogP contribution in [0.1, 0.15) is 42.4 Å². The van der Waals surface area contributed by atoms with Gasteiger partial charge in [-0.05, 0) is 51.1 Å². The van der Waals surface area contributed by atoms with Crippen LogP contribution in [0.5, 0.6) is 0 Å². The summed E-state index contributed by atoms with van der Waals surface area (Å²) in [4.78, 5) is 23.6. The van der Waals surface area contributed by atoms with E-state index in [0.29, 0.717) is 29.7 Å². The molecule has 3 rings (SSSR count). The minimum atomic E-state index is -3.37. The van der Waals surface area contributed by atoms with Crippen molar-refractivity contribution in [1.82, 2.24) is 14.9 Å². The van der Waals surface area contributed by atoms with Crippen LogP contribution < -0.4 is 16.4 Å². The molecule has 1 unspecified atom stereocenters. The summed E-state index contributed by atoms with van der Waals surface area (Å²) in [6, 6.07) is 6.71. The molecule has 1 saturated heterocycles. The van der Waals surface area contributed by atoms with Gasteiger partial charge in [-0.25, -0.2) is 18.4 Å². The van der Waals surface area contributed by atoms with Crippen LogP contribution in [0.25, 0.3) is 0 Å². The molecule has 1 aliphatic heterocycles. The molecule has 2 aromatic rings. The SMILES string of the molecule is CCc1nc(C(N)=O)c(Nc2cccc(S(C)(=O)=O)c2)nc1NCC1CCCCN1C. The van der Waals surface area contributed by atoms with Gasteiger partial charge in [0.1, 0.15) is 5.82 Å². The zero-order valence-corrected chi connectivity index (χ0v) is 19.0. The number of nitrogens with one attached hydrogen (secondary N) is 2. The number of benzene rings is 1. The predicted molar refractivity (Wildman–Crippen MR) is 122 cm³/mol. The number of hydrogen-bond acceptors (Lipinski definition) is 8. The van der Waals surface area contributed by atoms with Gasteiger partial charge in [-0.3, -0.25) is 4.79 Å². The molecule has 1 aromatic heterocycles. The molecule has 9 nitrogen and oxygen atoms in total. The number of nitrogens with zero attached hydrogens (tertiary/aromatic N) is 3. The Bertz CT molecular complexity index is 1060. The van der Waals surface area contributed by atoms with Gasteiger partial charge in [-0.2, -0.15) is 0 Å². The van der Waals surface area contributed by atoms with E-state index in [1.54, 1.807) is 12.1 Å². The van der Waals surface area contributed by atoms with Crippen LogP contribution in [0.2, 0.25) is 0 Å². The summed E-state index contributed by atoms with van der Waals surface area (Å²) < 4.78 is 23.7. The molecule has 31 heavy (non-hydrogen) atoms. The lowest BCUT2D eigenvalue weighted by atomic mass is 10.0. The van der Waals surface area contributed by atoms with Gasteiger partial charge >= 0.3 is 0 Å². The van der Waals surface area contributed by atoms with Gasteiger partial charge in [0, 0.05) is 24.5 Å². The number of primary amides is 1. The molecule has 10 heteroatoms. The molecule has 1 amide bonds. The largest absolute Gasteiger partial charge is 0.367 e. The van der Waals surface area contributed by atoms with Gasteiger partial charge in [0.25, 0.3) is 5.91 Å². The van der Waals surface area contributed by atoms with Crippen LogP contribution in [-0.2, 0) is 16.3 Å². The number of nitrogens with two attached hydrogens (primary N) is 1. The molecule has 0 spiro atoms. The molecule has 1 atom stereocenters. The van der Waals surface area contributed by atoms with Crippen LogP contribution in [-0.4, -0.2) is 61.6 Å². The van der Waals surface area contributed by atoms with Crippen molar-refractivity contribution < 1.29 is 13.2 Å². The van der Waals surface area contributed by atoms with Crippen LogP contribution in [0.15, 0.2) is 29.2 Å². The number of amides is 1. The first-order chi connectivity index (χ1) is 14.7. The number of aromatic nitrogens is 2. The number of likely N-dealkylation sites (N-methyl/N-ethyl adjacent to an activating group) is 1. The first-order valence-corrected chi connectivity index (χ1v) is 12.3. The summed E-state index contributed by atoms with van der Waals surface area (Å²) in [5.41, 5.74) is 6.69. The first kappa shape index (κ1) is 23.0. The monoisotopic (exact) mass is 446 g/mol. The lowest BCUT2D eigenvalue weighted by molar-refractivity contribution is 0.0996. The van der Waals surface area contributed by atoms with Crippen LogP contribution in [0.3, 0.4) is 0 Å². The highest BCUT2D eigenvalue weighted by Crippen LogP contribution is 2.25. The van der Waals surface area contributed by atoms with Crippen molar-refractivity contribution in [2.75, 3.05) is 37.0 Å². The van der Waals surface area contributed by atoms with E-state index in [1.165, 1.54) is 25.0 Å². The van der Waals surface area contributed by atoms with E-state index >= 15 is 0 Å². The van der Waals surface area contributed by atoms with Gasteiger partial charge in [0.15, 0.2) is 21.3 Å². The number of piperidine rings is 1. The smallest absolute Gasteiger partial charge is 0.271 e. The van der Waals surface area contributed by atoms with E-state index in [-0.39, 0.29) is 16.4 Å². The van der Waals surface area contributed by atoms with Gasteiger partial charge < -0.3 is 21.3 Å². The number of likely N-dealkylation sites (tertiary alicyclic amines) is 1. The number of rotatable bonds is 8. The maximum atomic E-state index is 12.0. The van der Waals surface area contributed by atoms with Crippen molar-refractivity contribution in [3.05, 3.63) is 35.7 Å². The van der Waals surface area contributed by atoms with Crippen molar-refractivity contribution >= 4 is 33.1 Å². The van der Waals surface area contributed by atoms with Crippen LogP contribution in [0.4, 0.5) is 17.3 Å². The highest BCUT2D eigenvalue weighted by Gasteiger charge is 2.21. The van der Waals surface area contributed by atoms with Gasteiger partial charge in [0.2, 0.25) is 0 Å². The number of carbonyl (C=O) groups is 1. The predicted octanol–water partition coefficient (Wildman–Crippen LogP) is 2.18. The Morgan fingerprint density at radius 3 is 2.68 bits per heavy atom. The van der Waals surface area contributed by atoms with E-state index in [0.717, 1.165) is 25.8 Å². The second kappa shape index (κ2) is 9.61. The summed E-state index contributed by atoms with van der Waals surface area (Å²) in [6.45, 7) is 3.73. The molecule has 2 heterocycles. The second-order valence-corrected chi connectivity index (χ2v) is 9.89. The third-order valence-electron chi connectivity index (χ3n) is 5.49. The Morgan fingerprint density at radius 1 is 1.26 bits per heavy atom. The molecular weight excluding hydrogens is 416 g/mol. The normalized spacial score (nSPS) is 17.3. The Balaban J connectivity index is 1.91. The Labute approximate surface area is 183 Å². The molecule has 0 aliphatic carbocycles. The fourth-order valence-electron chi connectivity index (χ4n) is 3.67. The molecular formula is C21H30N6O3S. The topological polar surface area (TPSA) is 130 Å². The van der Waals surface area contributed by atoms with Crippen LogP contribution >= 0.6 is 0 Å². The van der Waals surface area contributed by atoms with E-state index in [9.17, 15) is 13.2 Å². The van der Waals surface area contributed by atoms with E-state index < -0.39 is 15.7 Å². The zero-order valence-electron chi connectivity index (χ0n) is 18.2. The molecule has 1 aliphatic rings. The van der Waals surface area contributed by atoms with Gasteiger partial charge in [-0.15, -0.1) is 0 Å². The minimum absolute atomic E-state index is 0.0157. The highest BCUT2D eigenvalue weighted by atomic mass is 32.2. The molecule has 0 saturated carbocycles. The number of hydrogen-bond donors (Lipinski definition) is 3. The summed E-state index contributed by atoms with van der Waals surface area (Å²) in [7, 11) is -1.25. The second-order valence-electron chi connectivity index (χ2n) is 7.87. The maximum absolute atomic E-state index is 12.0. The average molecular weight is 447 g/mol. The number of anilines is 3. The van der Waals surface area contributed by atoms with E-state index in [2.05, 4.69) is 32.5 Å². The summed E-state index contributed by atoms with van der Waals surface area (Å²) >= 11 is 0. The zero-order chi connectivity index (χ0) is 22.6. The van der Waals surface area contributed by atoms with Crippen molar-refractivity contribution in [2.24, 2.45) is 5.73 Å². The standard InChI is InChI=1S/C21H30N6O3S/c1-4-17-20(23-13-15-9-5-6-11-27(15)2)26-21(18(25-17)19(22)28)24-14-8-7-10-16(12-14)31(3,29)30/h7-8,10,12,15H,4-6,9,11,13H2,1-3H3,(H2,22,28)(H2,23,24,26). The van der Waals surface area contributed by atoms with Gasteiger partial charge in [-0.1, -0.05) is 19.4 Å². The first-order valence-electron chi connectivity index (χ1n) is 10.4. The summed E-state index contributed by atoms with van der Waals surface area (Å²) in [5, 5.41) is 6.40. The van der Waals surface area contributed by atoms with Crippen molar-refractivity contribution in [3.8, 4) is 0 Å². The molecule has 4 N–H and O–H groups in total. The number of sulfone groups is 1. The van der Waals surface area contributed by atoms with Crippen molar-refractivity contribution in [1.29, 1.82) is 0 Å². The minimum Gasteiger partial charge on any atom is -0.367 e. The molecule has 0 bridgehead atoms. The Hall–Kier alpha value is -2.72. The Morgan fingerprint density at radius 2 is 2.03 bits per heavy atom. The highest BCUT2D eigenvalue weighted by molar-refractivity contribution is 7.90. The molecule has 1 fully saturated rings. The third-order valence-corrected chi connectivity index (χ3v) is 6.60. The van der Waals surface area contributed by atoms with Crippen LogP contribution in [0, 0.1) is 0 Å². The number of aryl methyl sites for hydroxylation is 1. The lowest BCUT2D eigenvalue weighted by Crippen LogP contribution is -2.41. The van der Waals surface area contributed by atoms with E-state index in [4.69, 9.17) is 5.73 Å². The van der Waals surface area contributed by atoms with E-state index in [1.807, 2.05) is 6.92 Å². The number of carbonyl (C=O) groups excluding carboxylic acids is 1.